The van der Waals surface area contributed by atoms with Crippen molar-refractivity contribution in [3.05, 3.63) is 18.0 Å². The van der Waals surface area contributed by atoms with Gasteiger partial charge in [0.05, 0.1) is 5.69 Å². The number of hydrogen-bond acceptors (Lipinski definition) is 3. The maximum Gasteiger partial charge on any atom is 0.0765 e. The van der Waals surface area contributed by atoms with Gasteiger partial charge in [0.2, 0.25) is 0 Å². The molecule has 1 aliphatic heterocycles. The van der Waals surface area contributed by atoms with Crippen LogP contribution in [-0.4, -0.2) is 39.4 Å². The van der Waals surface area contributed by atoms with Gasteiger partial charge in [0.15, 0.2) is 0 Å². The Hall–Kier alpha value is -0.870. The van der Waals surface area contributed by atoms with Crippen molar-refractivity contribution >= 4 is 0 Å². The van der Waals surface area contributed by atoms with Crippen molar-refractivity contribution in [2.24, 2.45) is 5.92 Å². The van der Waals surface area contributed by atoms with Gasteiger partial charge in [-0.15, -0.1) is 0 Å². The Morgan fingerprint density at radius 2 is 2.24 bits per heavy atom. The SMILES string of the molecule is CCC(C)n1ccc(CN2CC(C)(C3CC3)NCC2C)n1. The molecule has 1 aliphatic carbocycles. The summed E-state index contributed by atoms with van der Waals surface area (Å²) in [6.07, 6.45) is 6.06. The number of aromatic nitrogens is 2. The summed E-state index contributed by atoms with van der Waals surface area (Å²) in [4.78, 5) is 2.61. The summed E-state index contributed by atoms with van der Waals surface area (Å²) in [5.74, 6) is 0.880. The Bertz CT molecular complexity index is 479. The van der Waals surface area contributed by atoms with Gasteiger partial charge in [-0.2, -0.15) is 5.10 Å². The zero-order valence-electron chi connectivity index (χ0n) is 14.0. The molecule has 3 unspecified atom stereocenters. The molecular formula is C17H30N4. The lowest BCUT2D eigenvalue weighted by molar-refractivity contribution is 0.0757. The summed E-state index contributed by atoms with van der Waals surface area (Å²) in [5.41, 5.74) is 1.52. The minimum absolute atomic E-state index is 0.311. The first-order valence-electron chi connectivity index (χ1n) is 8.55. The Kier molecular flexibility index (Phi) is 4.10. The molecule has 1 aromatic rings. The Labute approximate surface area is 128 Å². The molecule has 1 N–H and O–H groups in total. The Morgan fingerprint density at radius 3 is 2.90 bits per heavy atom. The Morgan fingerprint density at radius 1 is 1.48 bits per heavy atom. The molecule has 2 heterocycles. The molecule has 0 amide bonds. The van der Waals surface area contributed by atoms with Crippen LogP contribution in [0, 0.1) is 5.92 Å². The molecule has 1 aromatic heterocycles. The van der Waals surface area contributed by atoms with Gasteiger partial charge >= 0.3 is 0 Å². The van der Waals surface area contributed by atoms with Crippen molar-refractivity contribution in [2.45, 2.75) is 71.1 Å². The molecule has 0 spiro atoms. The summed E-state index contributed by atoms with van der Waals surface area (Å²) in [6.45, 7) is 12.4. The lowest BCUT2D eigenvalue weighted by Crippen LogP contribution is -2.62. The first-order valence-corrected chi connectivity index (χ1v) is 8.55. The van der Waals surface area contributed by atoms with E-state index in [1.807, 2.05) is 0 Å². The molecule has 0 aromatic carbocycles. The van der Waals surface area contributed by atoms with E-state index in [1.165, 1.54) is 18.5 Å². The maximum atomic E-state index is 4.77. The van der Waals surface area contributed by atoms with Crippen molar-refractivity contribution in [1.82, 2.24) is 20.0 Å². The van der Waals surface area contributed by atoms with Crippen molar-refractivity contribution in [3.8, 4) is 0 Å². The zero-order chi connectivity index (χ0) is 15.0. The molecule has 2 aliphatic rings. The van der Waals surface area contributed by atoms with Crippen LogP contribution in [0.3, 0.4) is 0 Å². The molecule has 4 nitrogen and oxygen atoms in total. The van der Waals surface area contributed by atoms with E-state index in [-0.39, 0.29) is 0 Å². The van der Waals surface area contributed by atoms with E-state index in [1.54, 1.807) is 0 Å². The summed E-state index contributed by atoms with van der Waals surface area (Å²) in [6, 6.07) is 3.27. The minimum Gasteiger partial charge on any atom is -0.308 e. The quantitative estimate of drug-likeness (QED) is 0.905. The number of hydrogen-bond donors (Lipinski definition) is 1. The number of rotatable bonds is 5. The van der Waals surface area contributed by atoms with Gasteiger partial charge < -0.3 is 5.32 Å². The molecule has 3 atom stereocenters. The fourth-order valence-corrected chi connectivity index (χ4v) is 3.45. The van der Waals surface area contributed by atoms with Crippen LogP contribution < -0.4 is 5.32 Å². The van der Waals surface area contributed by atoms with Crippen LogP contribution in [0.15, 0.2) is 12.3 Å². The number of nitrogens with zero attached hydrogens (tertiary/aromatic N) is 3. The molecule has 21 heavy (non-hydrogen) atoms. The van der Waals surface area contributed by atoms with Crippen molar-refractivity contribution in [1.29, 1.82) is 0 Å². The van der Waals surface area contributed by atoms with Gasteiger partial charge in [-0.25, -0.2) is 0 Å². The second kappa shape index (κ2) is 5.73. The van der Waals surface area contributed by atoms with E-state index >= 15 is 0 Å². The number of piperazine rings is 1. The highest BCUT2D eigenvalue weighted by molar-refractivity contribution is 5.06. The lowest BCUT2D eigenvalue weighted by Gasteiger charge is -2.45. The predicted molar refractivity (Wildman–Crippen MR) is 86.2 cm³/mol. The molecule has 3 rings (SSSR count). The summed E-state index contributed by atoms with van der Waals surface area (Å²) >= 11 is 0. The smallest absolute Gasteiger partial charge is 0.0765 e. The third-order valence-corrected chi connectivity index (χ3v) is 5.51. The second-order valence-electron chi connectivity index (χ2n) is 7.37. The Balaban J connectivity index is 1.66. The minimum atomic E-state index is 0.311. The summed E-state index contributed by atoms with van der Waals surface area (Å²) in [5, 5.41) is 8.56. The van der Waals surface area contributed by atoms with Gasteiger partial charge in [-0.3, -0.25) is 9.58 Å². The van der Waals surface area contributed by atoms with Gasteiger partial charge in [0.25, 0.3) is 0 Å². The fraction of sp³-hybridized carbons (Fsp3) is 0.824. The molecule has 1 saturated heterocycles. The van der Waals surface area contributed by atoms with E-state index in [0.717, 1.165) is 32.0 Å². The van der Waals surface area contributed by atoms with Crippen LogP contribution in [0.5, 0.6) is 0 Å². The van der Waals surface area contributed by atoms with Crippen molar-refractivity contribution < 1.29 is 0 Å². The largest absolute Gasteiger partial charge is 0.308 e. The third-order valence-electron chi connectivity index (χ3n) is 5.51. The fourth-order valence-electron chi connectivity index (χ4n) is 3.45. The summed E-state index contributed by atoms with van der Waals surface area (Å²) in [7, 11) is 0. The third kappa shape index (κ3) is 3.16. The van der Waals surface area contributed by atoms with Gasteiger partial charge in [-0.05, 0) is 52.0 Å². The monoisotopic (exact) mass is 290 g/mol. The summed E-state index contributed by atoms with van der Waals surface area (Å²) < 4.78 is 2.11. The van der Waals surface area contributed by atoms with Crippen LogP contribution in [0.1, 0.15) is 58.7 Å². The van der Waals surface area contributed by atoms with E-state index < -0.39 is 0 Å². The lowest BCUT2D eigenvalue weighted by atomic mass is 9.91. The normalized spacial score (nSPS) is 32.3. The van der Waals surface area contributed by atoms with E-state index in [0.29, 0.717) is 17.6 Å². The van der Waals surface area contributed by atoms with Crippen LogP contribution in [0.25, 0.3) is 0 Å². The van der Waals surface area contributed by atoms with Crippen LogP contribution in [0.2, 0.25) is 0 Å². The molecule has 118 valence electrons. The molecule has 0 radical (unpaired) electrons. The van der Waals surface area contributed by atoms with E-state index in [2.05, 4.69) is 54.9 Å². The standard InChI is InChI=1S/C17H30N4/c1-5-13(2)21-9-8-16(19-21)11-20-12-17(4,15-6-7-15)18-10-14(20)3/h8-9,13-15,18H,5-7,10-12H2,1-4H3. The highest BCUT2D eigenvalue weighted by Gasteiger charge is 2.45. The van der Waals surface area contributed by atoms with Crippen molar-refractivity contribution in [3.63, 3.8) is 0 Å². The number of nitrogens with one attached hydrogen (secondary N) is 1. The average Bonchev–Trinajstić information content (AvgIpc) is 3.24. The molecule has 4 heteroatoms. The molecule has 0 bridgehead atoms. The highest BCUT2D eigenvalue weighted by Crippen LogP contribution is 2.41. The first kappa shape index (κ1) is 15.0. The van der Waals surface area contributed by atoms with Crippen LogP contribution in [0.4, 0.5) is 0 Å². The van der Waals surface area contributed by atoms with Crippen molar-refractivity contribution in [2.75, 3.05) is 13.1 Å². The van der Waals surface area contributed by atoms with E-state index in [9.17, 15) is 0 Å². The zero-order valence-corrected chi connectivity index (χ0v) is 14.0. The second-order valence-corrected chi connectivity index (χ2v) is 7.37. The molecule has 2 fully saturated rings. The van der Waals surface area contributed by atoms with Gasteiger partial charge in [0.1, 0.15) is 0 Å². The predicted octanol–water partition coefficient (Wildman–Crippen LogP) is 2.82. The molecule has 1 saturated carbocycles. The average molecular weight is 290 g/mol. The first-order chi connectivity index (χ1) is 10.0. The molecular weight excluding hydrogens is 260 g/mol. The van der Waals surface area contributed by atoms with Gasteiger partial charge in [0, 0.05) is 43.5 Å². The topological polar surface area (TPSA) is 33.1 Å². The van der Waals surface area contributed by atoms with Crippen LogP contribution in [-0.2, 0) is 6.54 Å². The highest BCUT2D eigenvalue weighted by atomic mass is 15.3. The van der Waals surface area contributed by atoms with Gasteiger partial charge in [-0.1, -0.05) is 6.92 Å². The van der Waals surface area contributed by atoms with Crippen LogP contribution >= 0.6 is 0 Å². The van der Waals surface area contributed by atoms with E-state index in [4.69, 9.17) is 5.10 Å². The maximum absolute atomic E-state index is 4.77.